The standard InChI is InChI=1S/C51H45N/c1-49(2)40-23-12-8-19-37(40)47-36(21-15-25-42(47)49)35-18-10-14-27-45(35)52(32-29-30-34-33-17-7-11-22-39(33)51(5,6)44(34)31-32)46-28-16-26-43-48(46)38-20-9-13-24-41(38)50(43,3)4/h7-10,12-21,23-31H,11,22H2,1-6H3. The predicted molar refractivity (Wildman–Crippen MR) is 220 cm³/mol. The van der Waals surface area contributed by atoms with Crippen LogP contribution in [0.2, 0.25) is 0 Å². The summed E-state index contributed by atoms with van der Waals surface area (Å²) in [6.07, 6.45) is 6.97. The molecule has 4 aliphatic carbocycles. The fourth-order valence-electron chi connectivity index (χ4n) is 10.4. The van der Waals surface area contributed by atoms with Crippen LogP contribution in [0.15, 0.2) is 145 Å². The number of para-hydroxylation sites is 1. The van der Waals surface area contributed by atoms with Gasteiger partial charge in [-0.1, -0.05) is 162 Å². The molecule has 0 aromatic heterocycles. The molecule has 0 saturated carbocycles. The highest BCUT2D eigenvalue weighted by atomic mass is 15.1. The molecule has 254 valence electrons. The Morgan fingerprint density at radius 2 is 1.00 bits per heavy atom. The van der Waals surface area contributed by atoms with E-state index in [1.807, 2.05) is 0 Å². The second-order valence-electron chi connectivity index (χ2n) is 16.8. The number of benzene rings is 6. The average molecular weight is 672 g/mol. The number of fused-ring (bicyclic) bond motifs is 8. The van der Waals surface area contributed by atoms with Gasteiger partial charge in [0.05, 0.1) is 11.4 Å². The van der Waals surface area contributed by atoms with Crippen LogP contribution in [-0.4, -0.2) is 0 Å². The van der Waals surface area contributed by atoms with Crippen molar-refractivity contribution >= 4 is 22.6 Å². The van der Waals surface area contributed by atoms with E-state index in [0.717, 1.165) is 12.8 Å². The van der Waals surface area contributed by atoms with Crippen LogP contribution in [0, 0.1) is 0 Å². The highest BCUT2D eigenvalue weighted by Gasteiger charge is 2.41. The van der Waals surface area contributed by atoms with Crippen molar-refractivity contribution in [3.8, 4) is 33.4 Å². The minimum absolute atomic E-state index is 0.0284. The second kappa shape index (κ2) is 10.8. The Kier molecular flexibility index (Phi) is 6.52. The predicted octanol–water partition coefficient (Wildman–Crippen LogP) is 13.8. The zero-order valence-electron chi connectivity index (χ0n) is 31.1. The van der Waals surface area contributed by atoms with E-state index < -0.39 is 0 Å². The Morgan fingerprint density at radius 3 is 1.73 bits per heavy atom. The number of rotatable bonds is 4. The van der Waals surface area contributed by atoms with Crippen LogP contribution in [0.3, 0.4) is 0 Å². The molecule has 0 heterocycles. The lowest BCUT2D eigenvalue weighted by atomic mass is 9.78. The molecule has 0 amide bonds. The van der Waals surface area contributed by atoms with Crippen molar-refractivity contribution in [1.29, 1.82) is 0 Å². The molecule has 6 aromatic carbocycles. The Balaban J connectivity index is 1.26. The number of anilines is 3. The highest BCUT2D eigenvalue weighted by Crippen LogP contribution is 2.58. The van der Waals surface area contributed by atoms with Crippen molar-refractivity contribution in [1.82, 2.24) is 0 Å². The molecule has 0 N–H and O–H groups in total. The first-order valence-electron chi connectivity index (χ1n) is 19.0. The topological polar surface area (TPSA) is 3.24 Å². The molecule has 1 nitrogen and oxygen atoms in total. The average Bonchev–Trinajstić information content (AvgIpc) is 3.65. The maximum Gasteiger partial charge on any atom is 0.0543 e. The van der Waals surface area contributed by atoms with Crippen molar-refractivity contribution in [2.75, 3.05) is 4.90 Å². The van der Waals surface area contributed by atoms with E-state index in [0.29, 0.717) is 0 Å². The fourth-order valence-corrected chi connectivity index (χ4v) is 10.4. The summed E-state index contributed by atoms with van der Waals surface area (Å²) in [5.74, 6) is 0. The maximum atomic E-state index is 2.58. The van der Waals surface area contributed by atoms with Crippen LogP contribution in [0.1, 0.15) is 87.8 Å². The van der Waals surface area contributed by atoms with Crippen molar-refractivity contribution < 1.29 is 0 Å². The Morgan fingerprint density at radius 1 is 0.442 bits per heavy atom. The minimum Gasteiger partial charge on any atom is -0.309 e. The molecule has 0 bridgehead atoms. The summed E-state index contributed by atoms with van der Waals surface area (Å²) in [7, 11) is 0. The summed E-state index contributed by atoms with van der Waals surface area (Å²) in [4.78, 5) is 2.58. The first-order chi connectivity index (χ1) is 25.1. The first-order valence-corrected chi connectivity index (χ1v) is 19.0. The van der Waals surface area contributed by atoms with E-state index in [2.05, 4.69) is 186 Å². The van der Waals surface area contributed by atoms with E-state index in [9.17, 15) is 0 Å². The van der Waals surface area contributed by atoms with Crippen LogP contribution in [-0.2, 0) is 16.2 Å². The second-order valence-corrected chi connectivity index (χ2v) is 16.8. The lowest BCUT2D eigenvalue weighted by Crippen LogP contribution is -2.19. The van der Waals surface area contributed by atoms with Gasteiger partial charge in [0.2, 0.25) is 0 Å². The molecule has 0 radical (unpaired) electrons. The van der Waals surface area contributed by atoms with Crippen molar-refractivity contribution in [2.24, 2.45) is 0 Å². The summed E-state index contributed by atoms with van der Waals surface area (Å²) in [6, 6.07) is 48.4. The van der Waals surface area contributed by atoms with Gasteiger partial charge in [-0.15, -0.1) is 0 Å². The molecule has 0 atom stereocenters. The van der Waals surface area contributed by atoms with Gasteiger partial charge in [0, 0.05) is 33.1 Å². The molecule has 10 rings (SSSR count). The summed E-state index contributed by atoms with van der Waals surface area (Å²) in [5, 5.41) is 0. The van der Waals surface area contributed by atoms with Crippen LogP contribution < -0.4 is 4.90 Å². The Hall–Kier alpha value is -5.40. The molecule has 6 aromatic rings. The lowest BCUT2D eigenvalue weighted by Gasteiger charge is -2.32. The van der Waals surface area contributed by atoms with Crippen molar-refractivity contribution in [3.05, 3.63) is 178 Å². The third kappa shape index (κ3) is 4.11. The molecule has 0 spiro atoms. The smallest absolute Gasteiger partial charge is 0.0543 e. The molecular formula is C51H45N. The molecule has 0 fully saturated rings. The van der Waals surface area contributed by atoms with Gasteiger partial charge in [-0.05, 0) is 98.3 Å². The van der Waals surface area contributed by atoms with Crippen molar-refractivity contribution in [2.45, 2.75) is 70.6 Å². The molecule has 1 heteroatoms. The highest BCUT2D eigenvalue weighted by molar-refractivity contribution is 6.02. The van der Waals surface area contributed by atoms with E-state index >= 15 is 0 Å². The Bertz CT molecular complexity index is 2550. The van der Waals surface area contributed by atoms with E-state index in [4.69, 9.17) is 0 Å². The summed E-state index contributed by atoms with van der Waals surface area (Å²) < 4.78 is 0. The van der Waals surface area contributed by atoms with Gasteiger partial charge in [-0.2, -0.15) is 0 Å². The van der Waals surface area contributed by atoms with Gasteiger partial charge in [-0.3, -0.25) is 0 Å². The van der Waals surface area contributed by atoms with Crippen LogP contribution in [0.4, 0.5) is 17.1 Å². The minimum atomic E-state index is -0.0993. The lowest BCUT2D eigenvalue weighted by molar-refractivity contribution is 0.607. The number of hydrogen-bond acceptors (Lipinski definition) is 1. The van der Waals surface area contributed by atoms with Gasteiger partial charge in [0.1, 0.15) is 0 Å². The monoisotopic (exact) mass is 671 g/mol. The zero-order valence-corrected chi connectivity index (χ0v) is 31.1. The van der Waals surface area contributed by atoms with Gasteiger partial charge >= 0.3 is 0 Å². The largest absolute Gasteiger partial charge is 0.309 e. The van der Waals surface area contributed by atoms with Gasteiger partial charge in [-0.25, -0.2) is 0 Å². The van der Waals surface area contributed by atoms with E-state index in [-0.39, 0.29) is 16.2 Å². The molecule has 52 heavy (non-hydrogen) atoms. The first kappa shape index (κ1) is 31.3. The van der Waals surface area contributed by atoms with Gasteiger partial charge in [0.15, 0.2) is 0 Å². The van der Waals surface area contributed by atoms with Crippen LogP contribution >= 0.6 is 0 Å². The third-order valence-electron chi connectivity index (χ3n) is 13.0. The van der Waals surface area contributed by atoms with Crippen LogP contribution in [0.25, 0.3) is 39.0 Å². The molecule has 0 unspecified atom stereocenters. The molecule has 0 saturated heterocycles. The summed E-state index contributed by atoms with van der Waals surface area (Å²) in [5.41, 5.74) is 22.7. The number of nitrogens with zero attached hydrogens (tertiary/aromatic N) is 1. The van der Waals surface area contributed by atoms with Crippen molar-refractivity contribution in [3.63, 3.8) is 0 Å². The third-order valence-corrected chi connectivity index (χ3v) is 13.0. The number of allylic oxidation sites excluding steroid dienone is 4. The van der Waals surface area contributed by atoms with Gasteiger partial charge in [0.25, 0.3) is 0 Å². The Labute approximate surface area is 309 Å². The summed E-state index contributed by atoms with van der Waals surface area (Å²) >= 11 is 0. The van der Waals surface area contributed by atoms with Gasteiger partial charge < -0.3 is 4.90 Å². The quantitative estimate of drug-likeness (QED) is 0.180. The fraction of sp³-hybridized carbons (Fsp3) is 0.216. The number of hydrogen-bond donors (Lipinski definition) is 0. The molecule has 0 aliphatic heterocycles. The molecular weight excluding hydrogens is 627 g/mol. The zero-order chi connectivity index (χ0) is 35.6. The SMILES string of the molecule is CC1(C)C2=C(C=CCC2)c2ccc(N(c3ccccc3-c3cccc4c3-c3ccccc3C4(C)C)c3cccc4c3-c3ccccc3C4(C)C)cc21. The molecule has 4 aliphatic rings. The van der Waals surface area contributed by atoms with E-state index in [1.165, 1.54) is 89.4 Å². The normalized spacial score (nSPS) is 17.6. The van der Waals surface area contributed by atoms with Crippen LogP contribution in [0.5, 0.6) is 0 Å². The summed E-state index contributed by atoms with van der Waals surface area (Å²) in [6.45, 7) is 14.4. The van der Waals surface area contributed by atoms with E-state index in [1.54, 1.807) is 5.57 Å². The maximum absolute atomic E-state index is 2.58.